The number of nitrogens with one attached hydrogen (secondary N) is 1. The molecule has 0 aliphatic carbocycles. The molecule has 3 atom stereocenters. The van der Waals surface area contributed by atoms with Crippen LogP contribution in [0.2, 0.25) is 0 Å². The van der Waals surface area contributed by atoms with Gasteiger partial charge in [-0.3, -0.25) is 4.90 Å². The van der Waals surface area contributed by atoms with Crippen LogP contribution >= 0.6 is 0 Å². The maximum absolute atomic E-state index is 3.56. The molecule has 2 rings (SSSR count). The minimum atomic E-state index is 0.414. The number of nitrogens with zero attached hydrogens (tertiary/aromatic N) is 2. The molecule has 0 spiro atoms. The molecule has 0 bridgehead atoms. The molecule has 0 saturated carbocycles. The summed E-state index contributed by atoms with van der Waals surface area (Å²) in [5.41, 5.74) is 1.40. The van der Waals surface area contributed by atoms with Gasteiger partial charge in [-0.25, -0.2) is 0 Å². The number of rotatable bonds is 6. The Balaban J connectivity index is 2.13. The Hall–Kier alpha value is -0.900. The average Bonchev–Trinajstić information content (AvgIpc) is 2.53. The van der Waals surface area contributed by atoms with E-state index in [4.69, 9.17) is 0 Å². The van der Waals surface area contributed by atoms with E-state index in [-0.39, 0.29) is 0 Å². The molecule has 0 amide bonds. The monoisotopic (exact) mass is 289 g/mol. The Labute approximate surface area is 130 Å². The van der Waals surface area contributed by atoms with E-state index in [1.165, 1.54) is 37.9 Å². The molecule has 118 valence electrons. The number of piperidine rings is 1. The van der Waals surface area contributed by atoms with Crippen molar-refractivity contribution in [2.24, 2.45) is 0 Å². The molecule has 1 saturated heterocycles. The first-order valence-corrected chi connectivity index (χ1v) is 8.30. The molecule has 0 radical (unpaired) electrons. The smallest absolute Gasteiger partial charge is 0.0475 e. The first kappa shape index (κ1) is 16.5. The zero-order valence-electron chi connectivity index (χ0n) is 14.0. The van der Waals surface area contributed by atoms with Gasteiger partial charge in [0.1, 0.15) is 0 Å². The Morgan fingerprint density at radius 3 is 2.57 bits per heavy atom. The molecule has 1 heterocycles. The highest BCUT2D eigenvalue weighted by molar-refractivity contribution is 5.20. The fourth-order valence-electron chi connectivity index (χ4n) is 3.65. The van der Waals surface area contributed by atoms with Crippen LogP contribution in [0.3, 0.4) is 0 Å². The number of likely N-dealkylation sites (N-methyl/N-ethyl adjacent to an activating group) is 2. The van der Waals surface area contributed by atoms with Gasteiger partial charge < -0.3 is 10.2 Å². The Kier molecular flexibility index (Phi) is 6.22. The van der Waals surface area contributed by atoms with E-state index < -0.39 is 0 Å². The van der Waals surface area contributed by atoms with E-state index in [0.29, 0.717) is 18.1 Å². The summed E-state index contributed by atoms with van der Waals surface area (Å²) < 4.78 is 0. The number of likely N-dealkylation sites (tertiary alicyclic amines) is 1. The third-order valence-electron chi connectivity index (χ3n) is 4.90. The summed E-state index contributed by atoms with van der Waals surface area (Å²) >= 11 is 0. The van der Waals surface area contributed by atoms with Crippen molar-refractivity contribution in [2.75, 3.05) is 34.2 Å². The molecule has 1 aromatic rings. The molecule has 1 aromatic carbocycles. The zero-order valence-corrected chi connectivity index (χ0v) is 14.0. The highest BCUT2D eigenvalue weighted by Crippen LogP contribution is 2.26. The van der Waals surface area contributed by atoms with Crippen molar-refractivity contribution in [1.82, 2.24) is 15.1 Å². The second-order valence-corrected chi connectivity index (χ2v) is 6.41. The quantitative estimate of drug-likeness (QED) is 0.869. The molecule has 3 nitrogen and oxygen atoms in total. The maximum Gasteiger partial charge on any atom is 0.0475 e. The van der Waals surface area contributed by atoms with Crippen LogP contribution in [0.4, 0.5) is 0 Å². The number of hydrogen-bond acceptors (Lipinski definition) is 3. The summed E-state index contributed by atoms with van der Waals surface area (Å²) in [6, 6.07) is 12.6. The van der Waals surface area contributed by atoms with E-state index in [2.05, 4.69) is 73.5 Å². The largest absolute Gasteiger partial charge is 0.312 e. The summed E-state index contributed by atoms with van der Waals surface area (Å²) in [5.74, 6) is 0. The molecule has 1 N–H and O–H groups in total. The first-order chi connectivity index (χ1) is 10.2. The van der Waals surface area contributed by atoms with Crippen LogP contribution < -0.4 is 5.32 Å². The van der Waals surface area contributed by atoms with Crippen molar-refractivity contribution in [1.29, 1.82) is 0 Å². The maximum atomic E-state index is 3.56. The molecule has 1 fully saturated rings. The zero-order chi connectivity index (χ0) is 15.2. The molecular formula is C18H31N3. The summed E-state index contributed by atoms with van der Waals surface area (Å²) in [7, 11) is 6.51. The fraction of sp³-hybridized carbons (Fsp3) is 0.667. The Morgan fingerprint density at radius 2 is 2.00 bits per heavy atom. The number of hydrogen-bond donors (Lipinski definition) is 1. The standard InChI is InChI=1S/C18H31N3/c1-5-17(18(19-2)15-10-7-6-8-11-15)21-13-9-12-16(14-21)20(3)4/h6-8,10-11,16-19H,5,9,12-14H2,1-4H3. The molecule has 3 unspecified atom stereocenters. The van der Waals surface area contributed by atoms with Gasteiger partial charge in [-0.15, -0.1) is 0 Å². The second kappa shape index (κ2) is 7.92. The molecular weight excluding hydrogens is 258 g/mol. The van der Waals surface area contributed by atoms with Gasteiger partial charge in [-0.05, 0) is 52.5 Å². The lowest BCUT2D eigenvalue weighted by Gasteiger charge is -2.43. The van der Waals surface area contributed by atoms with Crippen molar-refractivity contribution in [2.45, 2.75) is 44.3 Å². The van der Waals surface area contributed by atoms with Crippen LogP contribution in [0.15, 0.2) is 30.3 Å². The SMILES string of the molecule is CCC(C(NC)c1ccccc1)N1CCCC(N(C)C)C1. The molecule has 1 aliphatic rings. The topological polar surface area (TPSA) is 18.5 Å². The average molecular weight is 289 g/mol. The van der Waals surface area contributed by atoms with E-state index in [1.807, 2.05) is 0 Å². The summed E-state index contributed by atoms with van der Waals surface area (Å²) in [4.78, 5) is 5.08. The van der Waals surface area contributed by atoms with Crippen molar-refractivity contribution in [3.8, 4) is 0 Å². The van der Waals surface area contributed by atoms with Gasteiger partial charge in [0.2, 0.25) is 0 Å². The van der Waals surface area contributed by atoms with Crippen LogP contribution in [0.5, 0.6) is 0 Å². The van der Waals surface area contributed by atoms with E-state index >= 15 is 0 Å². The fourth-order valence-corrected chi connectivity index (χ4v) is 3.65. The van der Waals surface area contributed by atoms with E-state index in [9.17, 15) is 0 Å². The normalized spacial score (nSPS) is 23.2. The lowest BCUT2D eigenvalue weighted by atomic mass is 9.93. The lowest BCUT2D eigenvalue weighted by molar-refractivity contribution is 0.0767. The Morgan fingerprint density at radius 1 is 1.29 bits per heavy atom. The van der Waals surface area contributed by atoms with Crippen molar-refractivity contribution in [3.63, 3.8) is 0 Å². The van der Waals surface area contributed by atoms with Crippen LogP contribution in [-0.4, -0.2) is 56.1 Å². The first-order valence-electron chi connectivity index (χ1n) is 8.30. The van der Waals surface area contributed by atoms with Crippen LogP contribution in [0, 0.1) is 0 Å². The summed E-state index contributed by atoms with van der Waals surface area (Å²) in [6.45, 7) is 4.74. The van der Waals surface area contributed by atoms with Gasteiger partial charge in [-0.2, -0.15) is 0 Å². The van der Waals surface area contributed by atoms with E-state index in [0.717, 1.165) is 0 Å². The molecule has 0 aromatic heterocycles. The minimum Gasteiger partial charge on any atom is -0.312 e. The third-order valence-corrected chi connectivity index (χ3v) is 4.90. The van der Waals surface area contributed by atoms with Crippen LogP contribution in [-0.2, 0) is 0 Å². The van der Waals surface area contributed by atoms with Gasteiger partial charge in [0, 0.05) is 24.7 Å². The summed E-state index contributed by atoms with van der Waals surface area (Å²) in [5, 5.41) is 3.56. The van der Waals surface area contributed by atoms with E-state index in [1.54, 1.807) is 0 Å². The summed E-state index contributed by atoms with van der Waals surface area (Å²) in [6.07, 6.45) is 3.82. The van der Waals surface area contributed by atoms with Crippen LogP contribution in [0.1, 0.15) is 37.8 Å². The van der Waals surface area contributed by atoms with Crippen molar-refractivity contribution in [3.05, 3.63) is 35.9 Å². The van der Waals surface area contributed by atoms with Crippen LogP contribution in [0.25, 0.3) is 0 Å². The highest BCUT2D eigenvalue weighted by Gasteiger charge is 2.30. The van der Waals surface area contributed by atoms with Crippen molar-refractivity contribution < 1.29 is 0 Å². The predicted octanol–water partition coefficient (Wildman–Crippen LogP) is 2.75. The van der Waals surface area contributed by atoms with Crippen molar-refractivity contribution >= 4 is 0 Å². The van der Waals surface area contributed by atoms with Gasteiger partial charge >= 0.3 is 0 Å². The Bertz CT molecular complexity index is 404. The van der Waals surface area contributed by atoms with Gasteiger partial charge in [0.15, 0.2) is 0 Å². The highest BCUT2D eigenvalue weighted by atomic mass is 15.2. The van der Waals surface area contributed by atoms with Gasteiger partial charge in [0.25, 0.3) is 0 Å². The predicted molar refractivity (Wildman–Crippen MR) is 90.6 cm³/mol. The lowest BCUT2D eigenvalue weighted by Crippen LogP contribution is -2.52. The molecule has 3 heteroatoms. The van der Waals surface area contributed by atoms with Gasteiger partial charge in [0.05, 0.1) is 0 Å². The molecule has 21 heavy (non-hydrogen) atoms. The molecule has 1 aliphatic heterocycles. The minimum absolute atomic E-state index is 0.414. The van der Waals surface area contributed by atoms with Gasteiger partial charge in [-0.1, -0.05) is 37.3 Å². The second-order valence-electron chi connectivity index (χ2n) is 6.41. The third kappa shape index (κ3) is 4.06. The number of benzene rings is 1.